The fourth-order valence-corrected chi connectivity index (χ4v) is 4.66. The molecule has 0 saturated heterocycles. The molecule has 0 amide bonds. The maximum atomic E-state index is 5.97. The molecule has 0 aliphatic rings. The summed E-state index contributed by atoms with van der Waals surface area (Å²) in [6.07, 6.45) is 0. The number of aromatic nitrogens is 2. The number of guanidine groups is 1. The van der Waals surface area contributed by atoms with Gasteiger partial charge < -0.3 is 15.1 Å². The van der Waals surface area contributed by atoms with Crippen molar-refractivity contribution >= 4 is 62.8 Å². The molecule has 0 unspecified atom stereocenters. The van der Waals surface area contributed by atoms with Gasteiger partial charge in [-0.1, -0.05) is 12.1 Å². The Bertz CT molecular complexity index is 1100. The summed E-state index contributed by atoms with van der Waals surface area (Å²) in [6, 6.07) is 12.0. The number of thiazole rings is 2. The van der Waals surface area contributed by atoms with Gasteiger partial charge in [0.15, 0.2) is 16.7 Å². The Morgan fingerprint density at radius 1 is 1.03 bits per heavy atom. The standard InChI is InChI=1S/C20H21N5OS2.HI/c1-12-18(27-13(2)24-12)11-23-20(21-3)22-10-14-8-9-16(26-14)19-25-15-6-4-5-7-17(15)28-19;/h4-9H,10-11H2,1-3H3,(H2,21,22,23);1H. The number of fused-ring (bicyclic) bond motifs is 1. The van der Waals surface area contributed by atoms with E-state index in [1.165, 1.54) is 4.88 Å². The SMILES string of the molecule is CN=C(NCc1ccc(-c2nc3ccccc3s2)o1)NCc1sc(C)nc1C.I. The molecule has 3 aromatic heterocycles. The predicted octanol–water partition coefficient (Wildman–Crippen LogP) is 5.11. The lowest BCUT2D eigenvalue weighted by atomic mass is 10.3. The number of nitrogens with one attached hydrogen (secondary N) is 2. The molecule has 2 N–H and O–H groups in total. The van der Waals surface area contributed by atoms with E-state index in [2.05, 4.69) is 31.7 Å². The monoisotopic (exact) mass is 539 g/mol. The van der Waals surface area contributed by atoms with Gasteiger partial charge in [0.1, 0.15) is 5.76 Å². The van der Waals surface area contributed by atoms with E-state index in [-0.39, 0.29) is 24.0 Å². The second-order valence-electron chi connectivity index (χ2n) is 6.27. The molecular weight excluding hydrogens is 517 g/mol. The molecule has 0 aliphatic carbocycles. The van der Waals surface area contributed by atoms with Crippen molar-refractivity contribution in [1.82, 2.24) is 20.6 Å². The summed E-state index contributed by atoms with van der Waals surface area (Å²) < 4.78 is 7.13. The van der Waals surface area contributed by atoms with Crippen LogP contribution in [0.1, 0.15) is 21.3 Å². The molecule has 29 heavy (non-hydrogen) atoms. The number of hydrogen-bond acceptors (Lipinski definition) is 6. The molecule has 0 fully saturated rings. The number of hydrogen-bond donors (Lipinski definition) is 2. The van der Waals surface area contributed by atoms with E-state index in [1.54, 1.807) is 29.7 Å². The molecule has 0 atom stereocenters. The van der Waals surface area contributed by atoms with Crippen LogP contribution in [0.25, 0.3) is 21.0 Å². The first kappa shape index (κ1) is 21.7. The van der Waals surface area contributed by atoms with E-state index < -0.39 is 0 Å². The van der Waals surface area contributed by atoms with Crippen LogP contribution in [0.15, 0.2) is 45.8 Å². The Hall–Kier alpha value is -1.98. The van der Waals surface area contributed by atoms with Gasteiger partial charge in [-0.05, 0) is 38.1 Å². The van der Waals surface area contributed by atoms with E-state index in [9.17, 15) is 0 Å². The normalized spacial score (nSPS) is 11.5. The minimum Gasteiger partial charge on any atom is -0.457 e. The number of furan rings is 1. The highest BCUT2D eigenvalue weighted by Gasteiger charge is 2.11. The second kappa shape index (κ2) is 9.68. The molecule has 0 spiro atoms. The number of aliphatic imine (C=N–C) groups is 1. The highest BCUT2D eigenvalue weighted by molar-refractivity contribution is 14.0. The Kier molecular flexibility index (Phi) is 7.25. The third-order valence-electron chi connectivity index (χ3n) is 4.24. The van der Waals surface area contributed by atoms with Gasteiger partial charge in [0.25, 0.3) is 0 Å². The zero-order valence-electron chi connectivity index (χ0n) is 16.4. The fraction of sp³-hybridized carbons (Fsp3) is 0.250. The number of halogens is 1. The summed E-state index contributed by atoms with van der Waals surface area (Å²) >= 11 is 3.34. The summed E-state index contributed by atoms with van der Waals surface area (Å²) in [5, 5.41) is 8.58. The van der Waals surface area contributed by atoms with E-state index in [0.29, 0.717) is 13.1 Å². The molecule has 0 aliphatic heterocycles. The number of benzene rings is 1. The van der Waals surface area contributed by atoms with Gasteiger partial charge in [0, 0.05) is 11.9 Å². The highest BCUT2D eigenvalue weighted by atomic mass is 127. The lowest BCUT2D eigenvalue weighted by molar-refractivity contribution is 0.513. The van der Waals surface area contributed by atoms with Crippen LogP contribution < -0.4 is 10.6 Å². The molecule has 152 valence electrons. The maximum absolute atomic E-state index is 5.97. The maximum Gasteiger partial charge on any atom is 0.191 e. The molecule has 1 aromatic carbocycles. The van der Waals surface area contributed by atoms with Gasteiger partial charge in [-0.25, -0.2) is 9.97 Å². The lowest BCUT2D eigenvalue weighted by Crippen LogP contribution is -2.36. The second-order valence-corrected chi connectivity index (χ2v) is 8.59. The summed E-state index contributed by atoms with van der Waals surface area (Å²) in [7, 11) is 1.76. The van der Waals surface area contributed by atoms with Crippen LogP contribution in [0.3, 0.4) is 0 Å². The van der Waals surface area contributed by atoms with Crippen LogP contribution in [0.5, 0.6) is 0 Å². The van der Waals surface area contributed by atoms with Crippen molar-refractivity contribution in [3.8, 4) is 10.8 Å². The van der Waals surface area contributed by atoms with Gasteiger partial charge in [0.2, 0.25) is 0 Å². The third kappa shape index (κ3) is 5.14. The van der Waals surface area contributed by atoms with Crippen LogP contribution in [0.2, 0.25) is 0 Å². The molecule has 9 heteroatoms. The lowest BCUT2D eigenvalue weighted by Gasteiger charge is -2.10. The average Bonchev–Trinajstić information content (AvgIpc) is 3.40. The topological polar surface area (TPSA) is 75.3 Å². The van der Waals surface area contributed by atoms with Gasteiger partial charge in [0.05, 0.1) is 34.0 Å². The zero-order valence-corrected chi connectivity index (χ0v) is 20.3. The van der Waals surface area contributed by atoms with Crippen molar-refractivity contribution < 1.29 is 4.42 Å². The molecular formula is C20H22IN5OS2. The van der Waals surface area contributed by atoms with Crippen LogP contribution >= 0.6 is 46.7 Å². The molecule has 4 rings (SSSR count). The van der Waals surface area contributed by atoms with Crippen LogP contribution in [0.4, 0.5) is 0 Å². The van der Waals surface area contributed by atoms with Crippen molar-refractivity contribution in [2.24, 2.45) is 4.99 Å². The molecule has 6 nitrogen and oxygen atoms in total. The summed E-state index contributed by atoms with van der Waals surface area (Å²) in [5.74, 6) is 2.35. The van der Waals surface area contributed by atoms with E-state index in [0.717, 1.165) is 43.4 Å². The van der Waals surface area contributed by atoms with Crippen LogP contribution in [-0.2, 0) is 13.1 Å². The van der Waals surface area contributed by atoms with Gasteiger partial charge >= 0.3 is 0 Å². The Morgan fingerprint density at radius 2 is 1.83 bits per heavy atom. The fourth-order valence-electron chi connectivity index (χ4n) is 2.86. The molecule has 4 aromatic rings. The van der Waals surface area contributed by atoms with Crippen molar-refractivity contribution in [3.63, 3.8) is 0 Å². The number of rotatable bonds is 5. The van der Waals surface area contributed by atoms with Crippen molar-refractivity contribution in [1.29, 1.82) is 0 Å². The van der Waals surface area contributed by atoms with E-state index >= 15 is 0 Å². The molecule has 0 saturated carbocycles. The Labute approximate surface area is 194 Å². The molecule has 0 radical (unpaired) electrons. The number of aryl methyl sites for hydroxylation is 2. The summed E-state index contributed by atoms with van der Waals surface area (Å²) in [4.78, 5) is 14.6. The van der Waals surface area contributed by atoms with Gasteiger partial charge in [-0.15, -0.1) is 46.7 Å². The highest BCUT2D eigenvalue weighted by Crippen LogP contribution is 2.31. The smallest absolute Gasteiger partial charge is 0.191 e. The van der Waals surface area contributed by atoms with Gasteiger partial charge in [-0.2, -0.15) is 0 Å². The minimum atomic E-state index is 0. The molecule has 3 heterocycles. The minimum absolute atomic E-state index is 0. The van der Waals surface area contributed by atoms with Crippen LogP contribution in [0, 0.1) is 13.8 Å². The van der Waals surface area contributed by atoms with Crippen LogP contribution in [-0.4, -0.2) is 23.0 Å². The average molecular weight is 539 g/mol. The quantitative estimate of drug-likeness (QED) is 0.210. The van der Waals surface area contributed by atoms with Crippen molar-refractivity contribution in [2.75, 3.05) is 7.05 Å². The first-order valence-electron chi connectivity index (χ1n) is 8.94. The predicted molar refractivity (Wildman–Crippen MR) is 131 cm³/mol. The van der Waals surface area contributed by atoms with Crippen molar-refractivity contribution in [2.45, 2.75) is 26.9 Å². The first-order chi connectivity index (χ1) is 13.6. The number of nitrogens with zero attached hydrogens (tertiary/aromatic N) is 3. The molecule has 0 bridgehead atoms. The first-order valence-corrected chi connectivity index (χ1v) is 10.6. The third-order valence-corrected chi connectivity index (χ3v) is 6.36. The number of para-hydroxylation sites is 1. The van der Waals surface area contributed by atoms with E-state index in [1.807, 2.05) is 44.2 Å². The van der Waals surface area contributed by atoms with Crippen molar-refractivity contribution in [3.05, 3.63) is 57.7 Å². The summed E-state index contributed by atoms with van der Waals surface area (Å²) in [6.45, 7) is 5.30. The Morgan fingerprint density at radius 3 is 2.55 bits per heavy atom. The Balaban J connectivity index is 0.00000240. The largest absolute Gasteiger partial charge is 0.457 e. The van der Waals surface area contributed by atoms with E-state index in [4.69, 9.17) is 4.42 Å². The van der Waals surface area contributed by atoms with Gasteiger partial charge in [-0.3, -0.25) is 4.99 Å². The summed E-state index contributed by atoms with van der Waals surface area (Å²) in [5.41, 5.74) is 2.06. The zero-order chi connectivity index (χ0) is 19.5.